The number of ether oxygens (including phenoxy) is 1. The second-order valence-corrected chi connectivity index (χ2v) is 10.9. The number of amides is 2. The van der Waals surface area contributed by atoms with Gasteiger partial charge in [-0.1, -0.05) is 47.1 Å². The van der Waals surface area contributed by atoms with E-state index in [1.165, 1.54) is 12.0 Å². The summed E-state index contributed by atoms with van der Waals surface area (Å²) in [5, 5.41) is 2.90. The average molecular weight is 555 g/mol. The van der Waals surface area contributed by atoms with Gasteiger partial charge >= 0.3 is 0 Å². The summed E-state index contributed by atoms with van der Waals surface area (Å²) in [6.07, 6.45) is 1.78. The summed E-state index contributed by atoms with van der Waals surface area (Å²) in [7, 11) is -2.40. The fourth-order valence-corrected chi connectivity index (χ4v) is 4.61. The first-order valence-corrected chi connectivity index (χ1v) is 13.6. The Kier molecular flexibility index (Phi) is 9.93. The molecule has 2 aromatic rings. The zero-order valence-electron chi connectivity index (χ0n) is 20.1. The number of methoxy groups -OCH3 is 1. The smallest absolute Gasteiger partial charge is 0.244 e. The average Bonchev–Trinajstić information content (AvgIpc) is 2.79. The maximum absolute atomic E-state index is 13.6. The standard InChI is InChI=1S/C24H32BrN3O5S/c1-6-17(2)26-24(30)18(3)27(15-19-10-9-11-20(25)14-19)23(29)16-28(34(5,31)32)21-12-7-8-13-22(21)33-4/h7-14,17-18H,6,15-16H2,1-5H3,(H,26,30)/t17-,18+/m0/s1. The zero-order chi connectivity index (χ0) is 25.5. The Balaban J connectivity index is 2.42. The lowest BCUT2D eigenvalue weighted by molar-refractivity contribution is -0.139. The number of para-hydroxylation sites is 2. The van der Waals surface area contributed by atoms with Crippen LogP contribution in [0.2, 0.25) is 0 Å². The highest BCUT2D eigenvalue weighted by molar-refractivity contribution is 9.10. The first-order valence-electron chi connectivity index (χ1n) is 10.9. The third-order valence-corrected chi connectivity index (χ3v) is 7.06. The van der Waals surface area contributed by atoms with Gasteiger partial charge in [0.1, 0.15) is 18.3 Å². The number of halogens is 1. The van der Waals surface area contributed by atoms with Crippen LogP contribution in [0.5, 0.6) is 5.75 Å². The van der Waals surface area contributed by atoms with Crippen LogP contribution in [0.4, 0.5) is 5.69 Å². The number of hydrogen-bond acceptors (Lipinski definition) is 5. The Labute approximate surface area is 210 Å². The van der Waals surface area contributed by atoms with Crippen molar-refractivity contribution in [2.45, 2.75) is 45.8 Å². The molecule has 0 saturated heterocycles. The first kappa shape index (κ1) is 27.7. The van der Waals surface area contributed by atoms with Crippen LogP contribution in [0, 0.1) is 0 Å². The monoisotopic (exact) mass is 553 g/mol. The summed E-state index contributed by atoms with van der Waals surface area (Å²) >= 11 is 3.43. The van der Waals surface area contributed by atoms with Crippen molar-refractivity contribution >= 4 is 43.5 Å². The van der Waals surface area contributed by atoms with Crippen LogP contribution in [0.1, 0.15) is 32.8 Å². The van der Waals surface area contributed by atoms with Crippen LogP contribution in [-0.2, 0) is 26.2 Å². The summed E-state index contributed by atoms with van der Waals surface area (Å²) in [5.41, 5.74) is 1.05. The molecule has 0 heterocycles. The largest absolute Gasteiger partial charge is 0.495 e. The second kappa shape index (κ2) is 12.2. The van der Waals surface area contributed by atoms with Crippen LogP contribution >= 0.6 is 15.9 Å². The molecule has 34 heavy (non-hydrogen) atoms. The van der Waals surface area contributed by atoms with Crippen molar-refractivity contribution in [3.05, 3.63) is 58.6 Å². The predicted molar refractivity (Wildman–Crippen MR) is 137 cm³/mol. The van der Waals surface area contributed by atoms with E-state index in [1.54, 1.807) is 31.2 Å². The molecule has 0 saturated carbocycles. The lowest BCUT2D eigenvalue weighted by Crippen LogP contribution is -2.52. The van der Waals surface area contributed by atoms with Gasteiger partial charge in [0.2, 0.25) is 21.8 Å². The molecule has 0 aliphatic heterocycles. The molecule has 0 unspecified atom stereocenters. The molecule has 2 amide bonds. The molecule has 2 rings (SSSR count). The lowest BCUT2D eigenvalue weighted by atomic mass is 10.1. The predicted octanol–water partition coefficient (Wildman–Crippen LogP) is 3.56. The number of rotatable bonds is 11. The van der Waals surface area contributed by atoms with Crippen molar-refractivity contribution in [3.63, 3.8) is 0 Å². The van der Waals surface area contributed by atoms with Crippen molar-refractivity contribution in [1.82, 2.24) is 10.2 Å². The molecular weight excluding hydrogens is 522 g/mol. The summed E-state index contributed by atoms with van der Waals surface area (Å²) in [4.78, 5) is 27.8. The van der Waals surface area contributed by atoms with E-state index >= 15 is 0 Å². The van der Waals surface area contributed by atoms with E-state index in [0.717, 1.165) is 27.0 Å². The molecule has 8 nitrogen and oxygen atoms in total. The maximum Gasteiger partial charge on any atom is 0.244 e. The highest BCUT2D eigenvalue weighted by Crippen LogP contribution is 2.29. The highest BCUT2D eigenvalue weighted by atomic mass is 79.9. The number of nitrogens with zero attached hydrogens (tertiary/aromatic N) is 2. The van der Waals surface area contributed by atoms with Crippen LogP contribution < -0.4 is 14.4 Å². The SMILES string of the molecule is CC[C@H](C)NC(=O)[C@@H](C)N(Cc1cccc(Br)c1)C(=O)CN(c1ccccc1OC)S(C)(=O)=O. The molecule has 2 atom stereocenters. The molecule has 0 bridgehead atoms. The fourth-order valence-electron chi connectivity index (χ4n) is 3.31. The van der Waals surface area contributed by atoms with E-state index in [-0.39, 0.29) is 24.2 Å². The summed E-state index contributed by atoms with van der Waals surface area (Å²) in [6.45, 7) is 5.14. The third kappa shape index (κ3) is 7.46. The quantitative estimate of drug-likeness (QED) is 0.459. The van der Waals surface area contributed by atoms with Crippen molar-refractivity contribution in [2.24, 2.45) is 0 Å². The van der Waals surface area contributed by atoms with Crippen LogP contribution in [0.3, 0.4) is 0 Å². The topological polar surface area (TPSA) is 96.0 Å². The number of benzene rings is 2. The van der Waals surface area contributed by atoms with Crippen molar-refractivity contribution in [3.8, 4) is 5.75 Å². The van der Waals surface area contributed by atoms with Gasteiger partial charge in [0.05, 0.1) is 19.1 Å². The van der Waals surface area contributed by atoms with Crippen LogP contribution in [-0.4, -0.2) is 57.1 Å². The summed E-state index contributed by atoms with van der Waals surface area (Å²) in [6, 6.07) is 13.1. The number of carbonyl (C=O) groups excluding carboxylic acids is 2. The van der Waals surface area contributed by atoms with Gasteiger partial charge in [-0.2, -0.15) is 0 Å². The lowest BCUT2D eigenvalue weighted by Gasteiger charge is -2.32. The minimum absolute atomic E-state index is 0.0566. The summed E-state index contributed by atoms with van der Waals surface area (Å²) < 4.78 is 32.5. The van der Waals surface area contributed by atoms with Gasteiger partial charge in [-0.3, -0.25) is 13.9 Å². The van der Waals surface area contributed by atoms with E-state index in [9.17, 15) is 18.0 Å². The van der Waals surface area contributed by atoms with E-state index in [0.29, 0.717) is 5.75 Å². The van der Waals surface area contributed by atoms with Gasteiger partial charge in [0, 0.05) is 17.1 Å². The molecule has 0 aromatic heterocycles. The van der Waals surface area contributed by atoms with E-state index in [2.05, 4.69) is 21.2 Å². The molecular formula is C24H32BrN3O5S. The number of sulfonamides is 1. The van der Waals surface area contributed by atoms with Crippen molar-refractivity contribution in [2.75, 3.05) is 24.2 Å². The van der Waals surface area contributed by atoms with Gasteiger partial charge < -0.3 is 15.0 Å². The Morgan fingerprint density at radius 1 is 1.12 bits per heavy atom. The van der Waals surface area contributed by atoms with Crippen LogP contribution in [0.25, 0.3) is 0 Å². The van der Waals surface area contributed by atoms with Crippen molar-refractivity contribution < 1.29 is 22.7 Å². The third-order valence-electron chi connectivity index (χ3n) is 5.44. The number of anilines is 1. The van der Waals surface area contributed by atoms with Crippen LogP contribution in [0.15, 0.2) is 53.0 Å². The summed E-state index contributed by atoms with van der Waals surface area (Å²) in [5.74, 6) is -0.495. The number of hydrogen-bond donors (Lipinski definition) is 1. The molecule has 0 aliphatic carbocycles. The Morgan fingerprint density at radius 3 is 2.38 bits per heavy atom. The molecule has 186 valence electrons. The molecule has 0 aliphatic rings. The second-order valence-electron chi connectivity index (χ2n) is 8.09. The first-order chi connectivity index (χ1) is 16.0. The molecule has 0 radical (unpaired) electrons. The van der Waals surface area contributed by atoms with Gasteiger partial charge in [-0.25, -0.2) is 8.42 Å². The van der Waals surface area contributed by atoms with Gasteiger partial charge in [-0.05, 0) is 50.1 Å². The van der Waals surface area contributed by atoms with Gasteiger partial charge in [-0.15, -0.1) is 0 Å². The molecule has 1 N–H and O–H groups in total. The zero-order valence-corrected chi connectivity index (χ0v) is 22.5. The normalized spacial score (nSPS) is 13.0. The highest BCUT2D eigenvalue weighted by Gasteiger charge is 2.31. The minimum Gasteiger partial charge on any atom is -0.495 e. The number of nitrogens with one attached hydrogen (secondary N) is 1. The molecule has 0 spiro atoms. The van der Waals surface area contributed by atoms with Gasteiger partial charge in [0.25, 0.3) is 0 Å². The Hall–Kier alpha value is -2.59. The number of carbonyl (C=O) groups is 2. The maximum atomic E-state index is 13.6. The Morgan fingerprint density at radius 2 is 1.79 bits per heavy atom. The van der Waals surface area contributed by atoms with E-state index in [1.807, 2.05) is 38.1 Å². The molecule has 0 fully saturated rings. The van der Waals surface area contributed by atoms with E-state index in [4.69, 9.17) is 4.74 Å². The van der Waals surface area contributed by atoms with Crippen molar-refractivity contribution in [1.29, 1.82) is 0 Å². The molecule has 10 heteroatoms. The Bertz CT molecular complexity index is 1110. The molecule has 2 aromatic carbocycles. The minimum atomic E-state index is -3.83. The van der Waals surface area contributed by atoms with Gasteiger partial charge in [0.15, 0.2) is 0 Å². The van der Waals surface area contributed by atoms with E-state index < -0.39 is 28.5 Å². The fraction of sp³-hybridized carbons (Fsp3) is 0.417.